The maximum absolute atomic E-state index is 6.28. The van der Waals surface area contributed by atoms with Gasteiger partial charge in [0.25, 0.3) is 0 Å². The highest BCUT2D eigenvalue weighted by Gasteiger charge is 2.21. The van der Waals surface area contributed by atoms with E-state index in [4.69, 9.17) is 9.40 Å². The van der Waals surface area contributed by atoms with Crippen LogP contribution in [0.25, 0.3) is 60.7 Å². The Bertz CT molecular complexity index is 2480. The van der Waals surface area contributed by atoms with Crippen LogP contribution in [-0.2, 0) is 0 Å². The summed E-state index contributed by atoms with van der Waals surface area (Å²) in [7, 11) is 0. The minimum absolute atomic E-state index is 0.778. The van der Waals surface area contributed by atoms with E-state index in [2.05, 4.69) is 149 Å². The monoisotopic (exact) mass is 577 g/mol. The maximum atomic E-state index is 6.28. The molecular weight excluding hydrogens is 550 g/mol. The molecule has 0 fully saturated rings. The molecule has 0 aliphatic rings. The van der Waals surface area contributed by atoms with Crippen molar-refractivity contribution < 1.29 is 4.42 Å². The van der Waals surface area contributed by atoms with Gasteiger partial charge in [-0.15, -0.1) is 0 Å². The van der Waals surface area contributed by atoms with E-state index in [0.29, 0.717) is 0 Å². The Balaban J connectivity index is 1.30. The average Bonchev–Trinajstić information content (AvgIpc) is 3.66. The van der Waals surface area contributed by atoms with Crippen LogP contribution in [0, 0.1) is 0 Å². The van der Waals surface area contributed by atoms with E-state index in [1.807, 2.05) is 24.4 Å². The summed E-state index contributed by atoms with van der Waals surface area (Å²) in [6, 6.07) is 55.4. The molecule has 0 saturated heterocycles. The topological polar surface area (TPSA) is 34.2 Å². The standard InChI is InChI=1S/C41H27N3O/c1-3-11-28(12-4-1)29-20-22-31(23-21-29)43(37-17-9-18-38-40(37)41-39(45-38)19-10-26-42-41)32-24-25-36-34(27-32)33-15-7-8-16-35(33)44(36)30-13-5-2-6-14-30/h1-27H. The molecule has 0 aliphatic carbocycles. The molecule has 0 spiro atoms. The summed E-state index contributed by atoms with van der Waals surface area (Å²) in [6.45, 7) is 0. The number of benzene rings is 6. The predicted molar refractivity (Wildman–Crippen MR) is 186 cm³/mol. The Morgan fingerprint density at radius 3 is 2.04 bits per heavy atom. The Kier molecular flexibility index (Phi) is 5.78. The number of rotatable bonds is 5. The highest BCUT2D eigenvalue weighted by Crippen LogP contribution is 2.44. The van der Waals surface area contributed by atoms with Crippen molar-refractivity contribution in [2.45, 2.75) is 0 Å². The second-order valence-corrected chi connectivity index (χ2v) is 11.2. The first kappa shape index (κ1) is 25.4. The van der Waals surface area contributed by atoms with E-state index in [1.165, 1.54) is 32.9 Å². The zero-order valence-corrected chi connectivity index (χ0v) is 24.3. The summed E-state index contributed by atoms with van der Waals surface area (Å²) in [5.41, 5.74) is 11.4. The molecule has 4 heteroatoms. The van der Waals surface area contributed by atoms with Gasteiger partial charge in [-0.1, -0.05) is 84.9 Å². The van der Waals surface area contributed by atoms with Gasteiger partial charge in [-0.25, -0.2) is 0 Å². The summed E-state index contributed by atoms with van der Waals surface area (Å²) < 4.78 is 8.63. The lowest BCUT2D eigenvalue weighted by molar-refractivity contribution is 0.668. The molecule has 4 nitrogen and oxygen atoms in total. The molecule has 9 rings (SSSR count). The van der Waals surface area contributed by atoms with Crippen LogP contribution in [0.3, 0.4) is 0 Å². The molecule has 0 amide bonds. The molecular formula is C41H27N3O. The Morgan fingerprint density at radius 2 is 1.20 bits per heavy atom. The second-order valence-electron chi connectivity index (χ2n) is 11.2. The van der Waals surface area contributed by atoms with Gasteiger partial charge in [0.1, 0.15) is 11.1 Å². The fourth-order valence-corrected chi connectivity index (χ4v) is 6.62. The number of fused-ring (bicyclic) bond motifs is 6. The first-order chi connectivity index (χ1) is 22.3. The zero-order chi connectivity index (χ0) is 29.7. The molecule has 3 aromatic heterocycles. The van der Waals surface area contributed by atoms with Gasteiger partial charge in [-0.3, -0.25) is 4.98 Å². The number of hydrogen-bond donors (Lipinski definition) is 0. The van der Waals surface area contributed by atoms with Crippen LogP contribution >= 0.6 is 0 Å². The summed E-state index contributed by atoms with van der Waals surface area (Å²) in [4.78, 5) is 7.09. The smallest absolute Gasteiger partial charge is 0.153 e. The summed E-state index contributed by atoms with van der Waals surface area (Å²) in [5.74, 6) is 0. The second kappa shape index (κ2) is 10.2. The predicted octanol–water partition coefficient (Wildman–Crippen LogP) is 11.2. The van der Waals surface area contributed by atoms with Gasteiger partial charge in [0.2, 0.25) is 0 Å². The molecule has 0 N–H and O–H groups in total. The van der Waals surface area contributed by atoms with E-state index in [0.717, 1.165) is 44.8 Å². The normalized spacial score (nSPS) is 11.6. The van der Waals surface area contributed by atoms with Gasteiger partial charge >= 0.3 is 0 Å². The van der Waals surface area contributed by atoms with Crippen LogP contribution in [0.1, 0.15) is 0 Å². The maximum Gasteiger partial charge on any atom is 0.153 e. The quantitative estimate of drug-likeness (QED) is 0.204. The number of nitrogens with zero attached hydrogens (tertiary/aromatic N) is 3. The molecule has 0 unspecified atom stereocenters. The van der Waals surface area contributed by atoms with Crippen molar-refractivity contribution in [1.29, 1.82) is 0 Å². The number of hydrogen-bond acceptors (Lipinski definition) is 3. The molecule has 0 saturated carbocycles. The molecule has 0 aliphatic heterocycles. The van der Waals surface area contributed by atoms with E-state index in [-0.39, 0.29) is 0 Å². The van der Waals surface area contributed by atoms with E-state index in [9.17, 15) is 0 Å². The van der Waals surface area contributed by atoms with Crippen LogP contribution in [0.4, 0.5) is 17.1 Å². The molecule has 0 radical (unpaired) electrons. The molecule has 0 bridgehead atoms. The Labute approximate surface area is 260 Å². The third-order valence-electron chi connectivity index (χ3n) is 8.63. The lowest BCUT2D eigenvalue weighted by Gasteiger charge is -2.26. The van der Waals surface area contributed by atoms with Crippen LogP contribution < -0.4 is 4.90 Å². The number of furan rings is 1. The van der Waals surface area contributed by atoms with Crippen molar-refractivity contribution in [1.82, 2.24) is 9.55 Å². The van der Waals surface area contributed by atoms with Crippen molar-refractivity contribution in [3.05, 3.63) is 164 Å². The minimum atomic E-state index is 0.778. The molecule has 212 valence electrons. The van der Waals surface area contributed by atoms with Gasteiger partial charge in [0.05, 0.1) is 22.1 Å². The minimum Gasteiger partial charge on any atom is -0.454 e. The van der Waals surface area contributed by atoms with Gasteiger partial charge in [-0.2, -0.15) is 0 Å². The highest BCUT2D eigenvalue weighted by atomic mass is 16.3. The molecule has 3 heterocycles. The van der Waals surface area contributed by atoms with E-state index in [1.54, 1.807) is 0 Å². The number of pyridine rings is 1. The van der Waals surface area contributed by atoms with E-state index < -0.39 is 0 Å². The Hall–Kier alpha value is -6.13. The van der Waals surface area contributed by atoms with Gasteiger partial charge in [0, 0.05) is 34.0 Å². The molecule has 6 aromatic carbocycles. The lowest BCUT2D eigenvalue weighted by atomic mass is 10.0. The van der Waals surface area contributed by atoms with Crippen molar-refractivity contribution in [3.63, 3.8) is 0 Å². The number of para-hydroxylation sites is 2. The Morgan fingerprint density at radius 1 is 0.511 bits per heavy atom. The lowest BCUT2D eigenvalue weighted by Crippen LogP contribution is -2.10. The van der Waals surface area contributed by atoms with Crippen LogP contribution in [-0.4, -0.2) is 9.55 Å². The average molecular weight is 578 g/mol. The fourth-order valence-electron chi connectivity index (χ4n) is 6.62. The number of anilines is 3. The van der Waals surface area contributed by atoms with Crippen molar-refractivity contribution >= 4 is 60.9 Å². The van der Waals surface area contributed by atoms with Crippen LogP contribution in [0.15, 0.2) is 168 Å². The fraction of sp³-hybridized carbons (Fsp3) is 0. The summed E-state index contributed by atoms with van der Waals surface area (Å²) in [6.07, 6.45) is 1.83. The molecule has 9 aromatic rings. The third-order valence-corrected chi connectivity index (χ3v) is 8.63. The first-order valence-corrected chi connectivity index (χ1v) is 15.1. The highest BCUT2D eigenvalue weighted by molar-refractivity contribution is 6.13. The van der Waals surface area contributed by atoms with Crippen LogP contribution in [0.2, 0.25) is 0 Å². The largest absolute Gasteiger partial charge is 0.454 e. The van der Waals surface area contributed by atoms with Gasteiger partial charge < -0.3 is 13.9 Å². The summed E-state index contributed by atoms with van der Waals surface area (Å²) >= 11 is 0. The number of aromatic nitrogens is 2. The zero-order valence-electron chi connectivity index (χ0n) is 24.3. The van der Waals surface area contributed by atoms with Crippen LogP contribution in [0.5, 0.6) is 0 Å². The molecule has 0 atom stereocenters. The van der Waals surface area contributed by atoms with Gasteiger partial charge in [-0.05, 0) is 83.9 Å². The third kappa shape index (κ3) is 4.11. The molecule has 45 heavy (non-hydrogen) atoms. The van der Waals surface area contributed by atoms with Gasteiger partial charge in [0.15, 0.2) is 5.58 Å². The van der Waals surface area contributed by atoms with Crippen molar-refractivity contribution in [2.75, 3.05) is 4.90 Å². The van der Waals surface area contributed by atoms with E-state index >= 15 is 0 Å². The first-order valence-electron chi connectivity index (χ1n) is 15.1. The summed E-state index contributed by atoms with van der Waals surface area (Å²) in [5, 5.41) is 3.40. The SMILES string of the molecule is c1ccc(-c2ccc(N(c3ccc4c(c3)c3ccccc3n4-c3ccccc3)c3cccc4oc5cccnc5c34)cc2)cc1. The van der Waals surface area contributed by atoms with Crippen molar-refractivity contribution in [2.24, 2.45) is 0 Å². The van der Waals surface area contributed by atoms with Crippen molar-refractivity contribution in [3.8, 4) is 16.8 Å².